The number of nitrogens with one attached hydrogen (secondary N) is 1. The zero-order chi connectivity index (χ0) is 15.7. The summed E-state index contributed by atoms with van der Waals surface area (Å²) in [5, 5.41) is 2.89. The molecule has 0 bridgehead atoms. The van der Waals surface area contributed by atoms with Crippen LogP contribution in [-0.2, 0) is 4.79 Å². The van der Waals surface area contributed by atoms with E-state index in [9.17, 15) is 4.79 Å². The van der Waals surface area contributed by atoms with E-state index in [0.717, 1.165) is 5.75 Å². The Morgan fingerprint density at radius 2 is 1.82 bits per heavy atom. The fourth-order valence-electron chi connectivity index (χ4n) is 1.75. The van der Waals surface area contributed by atoms with E-state index in [-0.39, 0.29) is 23.9 Å². The summed E-state index contributed by atoms with van der Waals surface area (Å²) in [7, 11) is 0. The highest BCUT2D eigenvalue weighted by atomic mass is 35.5. The number of ether oxygens (including phenoxy) is 2. The van der Waals surface area contributed by atoms with E-state index in [0.29, 0.717) is 38.3 Å². The molecule has 5 nitrogen and oxygen atoms in total. The van der Waals surface area contributed by atoms with Crippen molar-refractivity contribution in [1.82, 2.24) is 5.32 Å². The molecule has 0 spiro atoms. The lowest BCUT2D eigenvalue weighted by Crippen LogP contribution is -2.48. The van der Waals surface area contributed by atoms with Gasteiger partial charge in [-0.05, 0) is 39.3 Å². The molecule has 0 saturated carbocycles. The van der Waals surface area contributed by atoms with E-state index >= 15 is 0 Å². The van der Waals surface area contributed by atoms with Gasteiger partial charge >= 0.3 is 0 Å². The molecule has 1 aromatic rings. The molecule has 126 valence electrons. The topological polar surface area (TPSA) is 73.6 Å². The van der Waals surface area contributed by atoms with Crippen LogP contribution in [0.2, 0.25) is 0 Å². The minimum absolute atomic E-state index is 0. The van der Waals surface area contributed by atoms with Crippen molar-refractivity contribution in [1.29, 1.82) is 0 Å². The second-order valence-electron chi connectivity index (χ2n) is 5.47. The summed E-state index contributed by atoms with van der Waals surface area (Å²) in [6.45, 7) is 7.22. The van der Waals surface area contributed by atoms with Crippen LogP contribution in [-0.4, -0.2) is 31.2 Å². The second-order valence-corrected chi connectivity index (χ2v) is 5.47. The van der Waals surface area contributed by atoms with Crippen LogP contribution in [0.4, 0.5) is 0 Å². The number of rotatable bonds is 9. The predicted octanol–water partition coefficient (Wildman–Crippen LogP) is 2.52. The number of amides is 1. The van der Waals surface area contributed by atoms with Gasteiger partial charge in [-0.15, -0.1) is 12.4 Å². The molecule has 0 radical (unpaired) electrons. The van der Waals surface area contributed by atoms with Crippen LogP contribution in [0.25, 0.3) is 0 Å². The number of hydrogen-bond acceptors (Lipinski definition) is 4. The van der Waals surface area contributed by atoms with Crippen LogP contribution in [0, 0.1) is 0 Å². The van der Waals surface area contributed by atoms with Crippen LogP contribution >= 0.6 is 12.4 Å². The summed E-state index contributed by atoms with van der Waals surface area (Å²) in [4.78, 5) is 11.8. The third-order valence-electron chi connectivity index (χ3n) is 2.94. The average Bonchev–Trinajstić information content (AvgIpc) is 2.45. The van der Waals surface area contributed by atoms with Gasteiger partial charge in [-0.3, -0.25) is 4.79 Å². The highest BCUT2D eigenvalue weighted by molar-refractivity contribution is 5.85. The van der Waals surface area contributed by atoms with E-state index in [4.69, 9.17) is 15.2 Å². The zero-order valence-corrected chi connectivity index (χ0v) is 14.4. The summed E-state index contributed by atoms with van der Waals surface area (Å²) >= 11 is 0. The highest BCUT2D eigenvalue weighted by Gasteiger charge is 2.17. The van der Waals surface area contributed by atoms with Crippen molar-refractivity contribution in [3.05, 3.63) is 24.3 Å². The van der Waals surface area contributed by atoms with Crippen LogP contribution in [0.5, 0.6) is 11.5 Å². The lowest BCUT2D eigenvalue weighted by Gasteiger charge is -2.24. The summed E-state index contributed by atoms with van der Waals surface area (Å²) < 4.78 is 11.1. The number of halogens is 1. The maximum Gasteiger partial charge on any atom is 0.220 e. The van der Waals surface area contributed by atoms with E-state index in [1.807, 2.05) is 45.0 Å². The standard InChI is InChI=1S/C16H26N2O3.ClH/c1-4-20-13-8-5-6-9-14(13)21-11-7-10-15(19)18-16(2,3)12-17;/h5-6,8-9H,4,7,10-12,17H2,1-3H3,(H,18,19);1H. The van der Waals surface area contributed by atoms with Crippen LogP contribution in [0.15, 0.2) is 24.3 Å². The molecule has 0 heterocycles. The van der Waals surface area contributed by atoms with Gasteiger partial charge in [0.15, 0.2) is 11.5 Å². The Morgan fingerprint density at radius 1 is 1.23 bits per heavy atom. The normalized spacial score (nSPS) is 10.5. The molecule has 0 aliphatic carbocycles. The second kappa shape index (κ2) is 10.3. The average molecular weight is 331 g/mol. The first-order valence-corrected chi connectivity index (χ1v) is 7.34. The lowest BCUT2D eigenvalue weighted by molar-refractivity contribution is -0.122. The lowest BCUT2D eigenvalue weighted by atomic mass is 10.1. The summed E-state index contributed by atoms with van der Waals surface area (Å²) in [6.07, 6.45) is 1.06. The third-order valence-corrected chi connectivity index (χ3v) is 2.94. The first-order chi connectivity index (χ1) is 9.98. The van der Waals surface area contributed by atoms with Crippen molar-refractivity contribution in [2.75, 3.05) is 19.8 Å². The molecule has 0 aliphatic heterocycles. The van der Waals surface area contributed by atoms with Gasteiger partial charge in [-0.1, -0.05) is 12.1 Å². The van der Waals surface area contributed by atoms with Crippen LogP contribution in [0.1, 0.15) is 33.6 Å². The monoisotopic (exact) mass is 330 g/mol. The number of nitrogens with two attached hydrogens (primary N) is 1. The van der Waals surface area contributed by atoms with Gasteiger partial charge in [0.1, 0.15) is 0 Å². The largest absolute Gasteiger partial charge is 0.490 e. The molecule has 3 N–H and O–H groups in total. The van der Waals surface area contributed by atoms with Gasteiger partial charge in [-0.2, -0.15) is 0 Å². The summed E-state index contributed by atoms with van der Waals surface area (Å²) in [5.41, 5.74) is 5.22. The van der Waals surface area contributed by atoms with Crippen molar-refractivity contribution in [3.8, 4) is 11.5 Å². The molecule has 0 atom stereocenters. The number of carbonyl (C=O) groups is 1. The number of hydrogen-bond donors (Lipinski definition) is 2. The minimum atomic E-state index is -0.362. The van der Waals surface area contributed by atoms with E-state index < -0.39 is 0 Å². The molecule has 0 aliphatic rings. The molecule has 1 amide bonds. The first kappa shape index (κ1) is 20.5. The smallest absolute Gasteiger partial charge is 0.220 e. The zero-order valence-electron chi connectivity index (χ0n) is 13.6. The Morgan fingerprint density at radius 3 is 2.36 bits per heavy atom. The Hall–Kier alpha value is -1.46. The SMILES string of the molecule is CCOc1ccccc1OCCCC(=O)NC(C)(C)CN.Cl. The van der Waals surface area contributed by atoms with Gasteiger partial charge in [0.05, 0.1) is 13.2 Å². The van der Waals surface area contributed by atoms with Crippen molar-refractivity contribution in [3.63, 3.8) is 0 Å². The van der Waals surface area contributed by atoms with E-state index in [1.54, 1.807) is 0 Å². The van der Waals surface area contributed by atoms with Gasteiger partial charge in [0, 0.05) is 18.5 Å². The number of benzene rings is 1. The highest BCUT2D eigenvalue weighted by Crippen LogP contribution is 2.26. The predicted molar refractivity (Wildman–Crippen MR) is 90.9 cm³/mol. The molecule has 0 aromatic heterocycles. The molecular formula is C16H27ClN2O3. The van der Waals surface area contributed by atoms with Gasteiger partial charge < -0.3 is 20.5 Å². The summed E-state index contributed by atoms with van der Waals surface area (Å²) in [6, 6.07) is 7.53. The van der Waals surface area contributed by atoms with Crippen molar-refractivity contribution in [2.45, 2.75) is 39.2 Å². The molecule has 1 rings (SSSR count). The van der Waals surface area contributed by atoms with Gasteiger partial charge in [-0.25, -0.2) is 0 Å². The first-order valence-electron chi connectivity index (χ1n) is 7.34. The van der Waals surface area contributed by atoms with Gasteiger partial charge in [0.25, 0.3) is 0 Å². The summed E-state index contributed by atoms with van der Waals surface area (Å²) in [5.74, 6) is 1.43. The van der Waals surface area contributed by atoms with Crippen molar-refractivity contribution < 1.29 is 14.3 Å². The third kappa shape index (κ3) is 7.52. The quantitative estimate of drug-likeness (QED) is 0.682. The minimum Gasteiger partial charge on any atom is -0.490 e. The van der Waals surface area contributed by atoms with E-state index in [1.165, 1.54) is 0 Å². The number of para-hydroxylation sites is 2. The molecule has 0 unspecified atom stereocenters. The Balaban J connectivity index is 0.00000441. The van der Waals surface area contributed by atoms with Crippen LogP contribution < -0.4 is 20.5 Å². The van der Waals surface area contributed by atoms with Crippen molar-refractivity contribution >= 4 is 18.3 Å². The molecule has 6 heteroatoms. The Kier molecular flexibility index (Phi) is 9.61. The fourth-order valence-corrected chi connectivity index (χ4v) is 1.75. The Labute approximate surface area is 139 Å². The molecular weight excluding hydrogens is 304 g/mol. The van der Waals surface area contributed by atoms with E-state index in [2.05, 4.69) is 5.32 Å². The Bertz CT molecular complexity index is 453. The maximum absolute atomic E-state index is 11.8. The van der Waals surface area contributed by atoms with Crippen LogP contribution in [0.3, 0.4) is 0 Å². The van der Waals surface area contributed by atoms with Gasteiger partial charge in [0.2, 0.25) is 5.91 Å². The maximum atomic E-state index is 11.8. The van der Waals surface area contributed by atoms with Crippen molar-refractivity contribution in [2.24, 2.45) is 5.73 Å². The molecule has 1 aromatic carbocycles. The molecule has 0 saturated heterocycles. The fraction of sp³-hybridized carbons (Fsp3) is 0.562. The molecule has 22 heavy (non-hydrogen) atoms. The number of carbonyl (C=O) groups excluding carboxylic acids is 1. The molecule has 0 fully saturated rings.